The van der Waals surface area contributed by atoms with Crippen molar-refractivity contribution in [2.45, 2.75) is 20.3 Å². The number of nitrogens with zero attached hydrogens (tertiary/aromatic N) is 8. The Morgan fingerprint density at radius 1 is 1.15 bits per heavy atom. The summed E-state index contributed by atoms with van der Waals surface area (Å²) in [6.07, 6.45) is 8.95. The molecule has 3 heterocycles. The molecule has 10 nitrogen and oxygen atoms in total. The molecule has 4 rings (SSSR count). The van der Waals surface area contributed by atoms with Crippen molar-refractivity contribution < 1.29 is 9.37 Å². The Hall–Kier alpha value is -2.95. The fourth-order valence-corrected chi connectivity index (χ4v) is 4.37. The maximum absolute atomic E-state index is 5.57. The van der Waals surface area contributed by atoms with Gasteiger partial charge in [-0.15, -0.1) is 5.10 Å². The minimum Gasteiger partial charge on any atom is -0.384 e. The monoisotopic (exact) mass is 466 g/mol. The topological polar surface area (TPSA) is 98.2 Å². The second kappa shape index (κ2) is 12.0. The lowest BCUT2D eigenvalue weighted by molar-refractivity contribution is 0.0743. The maximum atomic E-state index is 5.57. The molecule has 0 radical (unpaired) electrons. The van der Waals surface area contributed by atoms with Crippen LogP contribution in [0.2, 0.25) is 0 Å². The normalized spacial score (nSPS) is 18.1. The minimum absolute atomic E-state index is 0.366. The van der Waals surface area contributed by atoms with E-state index in [-0.39, 0.29) is 0 Å². The van der Waals surface area contributed by atoms with Gasteiger partial charge in [-0.1, -0.05) is 25.1 Å². The summed E-state index contributed by atoms with van der Waals surface area (Å²) in [7, 11) is 1.78. The third-order valence-electron chi connectivity index (χ3n) is 6.60. The molecular weight excluding hydrogens is 432 g/mol. The molecule has 2 aromatic heterocycles. The van der Waals surface area contributed by atoms with Crippen LogP contribution in [0.1, 0.15) is 19.4 Å². The number of allylic oxidation sites excluding steroid dienone is 4. The van der Waals surface area contributed by atoms with Gasteiger partial charge in [0.05, 0.1) is 12.3 Å². The number of ether oxygens (including phenoxy) is 1. The summed E-state index contributed by atoms with van der Waals surface area (Å²) in [6.45, 7) is 11.4. The van der Waals surface area contributed by atoms with Gasteiger partial charge in [0.15, 0.2) is 0 Å². The van der Waals surface area contributed by atoms with Crippen molar-refractivity contribution in [3.8, 4) is 0 Å². The molecule has 1 fully saturated rings. The van der Waals surface area contributed by atoms with Crippen LogP contribution in [0.15, 0.2) is 47.4 Å². The predicted octanol–water partition coefficient (Wildman–Crippen LogP) is 2.39. The first-order chi connectivity index (χ1) is 16.7. The largest absolute Gasteiger partial charge is 0.384 e. The standard InChI is InChI=1S/C24H34N8O2/c1-4-22(32-18-25-28-29-32)7-5-19(2)21(17-33-3)16-31-13-11-30(12-14-31)10-9-20-6-8-23-24(15-20)27-34-26-23/h4-8,15,18-19,21H,9-14,16-17H2,1-3H3. The molecule has 0 saturated carbocycles. The Bertz CT molecular complexity index is 1070. The van der Waals surface area contributed by atoms with E-state index in [1.807, 2.05) is 19.1 Å². The van der Waals surface area contributed by atoms with Crippen molar-refractivity contribution in [3.63, 3.8) is 0 Å². The number of aromatic nitrogens is 6. The predicted molar refractivity (Wildman–Crippen MR) is 130 cm³/mol. The molecule has 0 aliphatic carbocycles. The lowest BCUT2D eigenvalue weighted by Crippen LogP contribution is -2.49. The third kappa shape index (κ3) is 6.34. The van der Waals surface area contributed by atoms with Crippen LogP contribution in [0.3, 0.4) is 0 Å². The molecule has 0 bridgehead atoms. The van der Waals surface area contributed by atoms with Gasteiger partial charge in [0.2, 0.25) is 0 Å². The second-order valence-electron chi connectivity index (χ2n) is 8.88. The molecule has 34 heavy (non-hydrogen) atoms. The number of hydrogen-bond acceptors (Lipinski definition) is 9. The summed E-state index contributed by atoms with van der Waals surface area (Å²) >= 11 is 0. The summed E-state index contributed by atoms with van der Waals surface area (Å²) in [5, 5.41) is 19.3. The molecule has 3 aromatic rings. The Morgan fingerprint density at radius 2 is 1.94 bits per heavy atom. The number of fused-ring (bicyclic) bond motifs is 1. The zero-order chi connectivity index (χ0) is 23.8. The minimum atomic E-state index is 0.366. The number of rotatable bonds is 11. The molecule has 1 saturated heterocycles. The van der Waals surface area contributed by atoms with Crippen molar-refractivity contribution in [2.24, 2.45) is 11.8 Å². The quantitative estimate of drug-likeness (QED) is 0.394. The molecule has 0 spiro atoms. The van der Waals surface area contributed by atoms with Crippen molar-refractivity contribution in [2.75, 3.05) is 53.0 Å². The van der Waals surface area contributed by atoms with Gasteiger partial charge in [0.1, 0.15) is 17.4 Å². The smallest absolute Gasteiger partial charge is 0.143 e. The van der Waals surface area contributed by atoms with E-state index in [2.05, 4.69) is 66.8 Å². The highest BCUT2D eigenvalue weighted by Gasteiger charge is 2.23. The van der Waals surface area contributed by atoms with Crippen LogP contribution in [-0.2, 0) is 11.2 Å². The maximum Gasteiger partial charge on any atom is 0.143 e. The summed E-state index contributed by atoms with van der Waals surface area (Å²) < 4.78 is 12.0. The average Bonchev–Trinajstić information content (AvgIpc) is 3.56. The van der Waals surface area contributed by atoms with Gasteiger partial charge in [-0.25, -0.2) is 9.31 Å². The van der Waals surface area contributed by atoms with E-state index in [1.54, 1.807) is 18.1 Å². The molecule has 10 heteroatoms. The SMILES string of the molecule is CC=C(C=CC(C)C(COC)CN1CCN(CCc2ccc3nonc3c2)CC1)n1cnnn1. The lowest BCUT2D eigenvalue weighted by Gasteiger charge is -2.37. The molecule has 2 unspecified atom stereocenters. The highest BCUT2D eigenvalue weighted by atomic mass is 16.6. The Kier molecular flexibility index (Phi) is 8.51. The van der Waals surface area contributed by atoms with Crippen molar-refractivity contribution >= 4 is 16.7 Å². The first-order valence-electron chi connectivity index (χ1n) is 11.9. The fraction of sp³-hybridized carbons (Fsp3) is 0.542. The Labute approximate surface area is 200 Å². The number of hydrogen-bond donors (Lipinski definition) is 0. The van der Waals surface area contributed by atoms with Crippen LogP contribution >= 0.6 is 0 Å². The van der Waals surface area contributed by atoms with E-state index in [0.29, 0.717) is 11.8 Å². The highest BCUT2D eigenvalue weighted by Crippen LogP contribution is 2.19. The highest BCUT2D eigenvalue weighted by molar-refractivity contribution is 5.73. The molecule has 0 N–H and O–H groups in total. The Balaban J connectivity index is 1.24. The van der Waals surface area contributed by atoms with E-state index < -0.39 is 0 Å². The molecule has 1 aromatic carbocycles. The zero-order valence-corrected chi connectivity index (χ0v) is 20.2. The van der Waals surface area contributed by atoms with Crippen LogP contribution in [-0.4, -0.2) is 93.3 Å². The van der Waals surface area contributed by atoms with E-state index in [4.69, 9.17) is 9.37 Å². The van der Waals surface area contributed by atoms with Crippen LogP contribution in [0, 0.1) is 11.8 Å². The molecule has 1 aliphatic rings. The Morgan fingerprint density at radius 3 is 2.68 bits per heavy atom. The first-order valence-corrected chi connectivity index (χ1v) is 11.9. The first kappa shape index (κ1) is 24.2. The van der Waals surface area contributed by atoms with E-state index in [1.165, 1.54) is 5.56 Å². The van der Waals surface area contributed by atoms with Crippen LogP contribution in [0.4, 0.5) is 0 Å². The third-order valence-corrected chi connectivity index (χ3v) is 6.60. The number of methoxy groups -OCH3 is 1. The van der Waals surface area contributed by atoms with Gasteiger partial charge in [0.25, 0.3) is 0 Å². The van der Waals surface area contributed by atoms with Crippen molar-refractivity contribution in [3.05, 3.63) is 48.3 Å². The summed E-state index contributed by atoms with van der Waals surface area (Å²) in [6, 6.07) is 6.17. The zero-order valence-electron chi connectivity index (χ0n) is 20.2. The van der Waals surface area contributed by atoms with Gasteiger partial charge in [-0.2, -0.15) is 0 Å². The van der Waals surface area contributed by atoms with E-state index >= 15 is 0 Å². The van der Waals surface area contributed by atoms with Crippen LogP contribution in [0.25, 0.3) is 16.7 Å². The van der Waals surface area contributed by atoms with Gasteiger partial charge in [-0.3, -0.25) is 0 Å². The van der Waals surface area contributed by atoms with Crippen LogP contribution in [0.5, 0.6) is 0 Å². The van der Waals surface area contributed by atoms with Gasteiger partial charge in [-0.05, 0) is 63.8 Å². The second-order valence-corrected chi connectivity index (χ2v) is 8.88. The number of benzene rings is 1. The molecule has 2 atom stereocenters. The number of tetrazole rings is 1. The summed E-state index contributed by atoms with van der Waals surface area (Å²) in [5.74, 6) is 0.785. The molecular formula is C24H34N8O2. The van der Waals surface area contributed by atoms with E-state index in [9.17, 15) is 0 Å². The fourth-order valence-electron chi connectivity index (χ4n) is 4.37. The molecule has 0 amide bonds. The molecule has 1 aliphatic heterocycles. The summed E-state index contributed by atoms with van der Waals surface area (Å²) in [4.78, 5) is 5.11. The van der Waals surface area contributed by atoms with Crippen molar-refractivity contribution in [1.29, 1.82) is 0 Å². The summed E-state index contributed by atoms with van der Waals surface area (Å²) in [5.41, 5.74) is 3.87. The molecule has 182 valence electrons. The number of piperazine rings is 1. The van der Waals surface area contributed by atoms with Gasteiger partial charge in [0, 0.05) is 52.3 Å². The van der Waals surface area contributed by atoms with Gasteiger partial charge < -0.3 is 14.5 Å². The van der Waals surface area contributed by atoms with Crippen LogP contribution < -0.4 is 0 Å². The van der Waals surface area contributed by atoms with E-state index in [0.717, 1.165) is 69.0 Å². The van der Waals surface area contributed by atoms with Crippen molar-refractivity contribution in [1.82, 2.24) is 40.3 Å². The van der Waals surface area contributed by atoms with Gasteiger partial charge >= 0.3 is 0 Å². The lowest BCUT2D eigenvalue weighted by atomic mass is 9.93. The average molecular weight is 467 g/mol.